The maximum atomic E-state index is 4.79. The number of aliphatic imine (C=N–C) groups is 1. The van der Waals surface area contributed by atoms with Crippen molar-refractivity contribution < 1.29 is 0 Å². The monoisotopic (exact) mass is 263 g/mol. The van der Waals surface area contributed by atoms with Gasteiger partial charge in [0, 0.05) is 6.21 Å². The maximum absolute atomic E-state index is 4.79. The van der Waals surface area contributed by atoms with E-state index < -0.39 is 0 Å². The van der Waals surface area contributed by atoms with Crippen molar-refractivity contribution in [3.05, 3.63) is 83.4 Å². The van der Waals surface area contributed by atoms with Gasteiger partial charge in [0.25, 0.3) is 0 Å². The van der Waals surface area contributed by atoms with Crippen LogP contribution in [-0.2, 0) is 0 Å². The molecule has 0 amide bonds. The normalized spacial score (nSPS) is 12.2. The summed E-state index contributed by atoms with van der Waals surface area (Å²) in [5, 5.41) is 0. The average Bonchev–Trinajstić information content (AvgIpc) is 2.50. The molecule has 0 saturated carbocycles. The molecule has 0 aliphatic heterocycles. The molecule has 0 aromatic heterocycles. The number of nitrogens with zero attached hydrogens (tertiary/aromatic N) is 1. The predicted octanol–water partition coefficient (Wildman–Crippen LogP) is 5.20. The molecule has 0 radical (unpaired) electrons. The first-order valence-electron chi connectivity index (χ1n) is 7.11. The van der Waals surface area contributed by atoms with E-state index in [1.807, 2.05) is 18.3 Å². The lowest BCUT2D eigenvalue weighted by molar-refractivity contribution is 0.877. The lowest BCUT2D eigenvalue weighted by Gasteiger charge is -2.13. The summed E-state index contributed by atoms with van der Waals surface area (Å²) in [7, 11) is 0. The minimum atomic E-state index is 0.0672. The zero-order valence-corrected chi connectivity index (χ0v) is 12.2. The van der Waals surface area contributed by atoms with Gasteiger partial charge >= 0.3 is 0 Å². The van der Waals surface area contributed by atoms with Crippen LogP contribution in [0.15, 0.2) is 77.3 Å². The van der Waals surface area contributed by atoms with Gasteiger partial charge in [0.05, 0.1) is 6.04 Å². The molecule has 0 aliphatic carbocycles. The highest BCUT2D eigenvalue weighted by molar-refractivity contribution is 5.78. The second-order valence-electron chi connectivity index (χ2n) is 4.86. The maximum Gasteiger partial charge on any atom is 0.0999 e. The van der Waals surface area contributed by atoms with Gasteiger partial charge in [-0.25, -0.2) is 0 Å². The first kappa shape index (κ1) is 14.3. The molecule has 0 N–H and O–H groups in total. The van der Waals surface area contributed by atoms with Crippen molar-refractivity contribution in [3.63, 3.8) is 0 Å². The van der Waals surface area contributed by atoms with E-state index in [0.29, 0.717) is 0 Å². The van der Waals surface area contributed by atoms with Gasteiger partial charge in [-0.2, -0.15) is 0 Å². The number of hydrogen-bond donors (Lipinski definition) is 0. The van der Waals surface area contributed by atoms with Crippen molar-refractivity contribution in [2.75, 3.05) is 0 Å². The van der Waals surface area contributed by atoms with Crippen molar-refractivity contribution in [1.29, 1.82) is 0 Å². The van der Waals surface area contributed by atoms with Gasteiger partial charge in [-0.1, -0.05) is 73.7 Å². The van der Waals surface area contributed by atoms with Gasteiger partial charge in [-0.05, 0) is 30.0 Å². The van der Waals surface area contributed by atoms with Crippen LogP contribution in [0.25, 0.3) is 0 Å². The van der Waals surface area contributed by atoms with E-state index in [0.717, 1.165) is 6.42 Å². The molecular weight excluding hydrogens is 242 g/mol. The van der Waals surface area contributed by atoms with E-state index >= 15 is 0 Å². The predicted molar refractivity (Wildman–Crippen MR) is 87.3 cm³/mol. The Morgan fingerprint density at radius 1 is 0.950 bits per heavy atom. The lowest BCUT2D eigenvalue weighted by atomic mass is 9.99. The Labute approximate surface area is 121 Å². The number of allylic oxidation sites excluding steroid dienone is 2. The molecular formula is C19H21N. The molecule has 20 heavy (non-hydrogen) atoms. The molecule has 0 fully saturated rings. The summed E-state index contributed by atoms with van der Waals surface area (Å²) >= 11 is 0. The highest BCUT2D eigenvalue weighted by Gasteiger charge is 2.10. The van der Waals surface area contributed by atoms with Gasteiger partial charge in [-0.3, -0.25) is 4.99 Å². The smallest absolute Gasteiger partial charge is 0.0999 e. The SMILES string of the molecule is CCC=C(C)C=NC(c1ccccc1)c1ccccc1. The second-order valence-corrected chi connectivity index (χ2v) is 4.86. The van der Waals surface area contributed by atoms with Crippen LogP contribution in [0.3, 0.4) is 0 Å². The molecule has 102 valence electrons. The molecule has 0 aliphatic rings. The summed E-state index contributed by atoms with van der Waals surface area (Å²) in [6, 6.07) is 20.9. The number of hydrogen-bond acceptors (Lipinski definition) is 1. The molecule has 0 bridgehead atoms. The number of benzene rings is 2. The molecule has 1 nitrogen and oxygen atoms in total. The van der Waals surface area contributed by atoms with E-state index in [1.54, 1.807) is 0 Å². The summed E-state index contributed by atoms with van der Waals surface area (Å²) < 4.78 is 0. The van der Waals surface area contributed by atoms with Crippen LogP contribution in [0, 0.1) is 0 Å². The standard InChI is InChI=1S/C19H21N/c1-3-10-16(2)15-20-19(17-11-6-4-7-12-17)18-13-8-5-9-14-18/h4-15,19H,3H2,1-2H3. The Morgan fingerprint density at radius 2 is 1.45 bits per heavy atom. The van der Waals surface area contributed by atoms with Gasteiger partial charge in [0.2, 0.25) is 0 Å². The fourth-order valence-corrected chi connectivity index (χ4v) is 2.20. The summed E-state index contributed by atoms with van der Waals surface area (Å²) in [6.45, 7) is 4.24. The first-order valence-corrected chi connectivity index (χ1v) is 7.11. The molecule has 0 heterocycles. The van der Waals surface area contributed by atoms with Crippen molar-refractivity contribution in [1.82, 2.24) is 0 Å². The van der Waals surface area contributed by atoms with Gasteiger partial charge in [-0.15, -0.1) is 0 Å². The van der Waals surface area contributed by atoms with E-state index in [9.17, 15) is 0 Å². The van der Waals surface area contributed by atoms with Crippen molar-refractivity contribution >= 4 is 6.21 Å². The highest BCUT2D eigenvalue weighted by atomic mass is 14.8. The first-order chi connectivity index (χ1) is 9.81. The summed E-state index contributed by atoms with van der Waals surface area (Å²) in [6.07, 6.45) is 5.21. The quantitative estimate of drug-likeness (QED) is 0.657. The lowest BCUT2D eigenvalue weighted by Crippen LogP contribution is -1.98. The minimum Gasteiger partial charge on any atom is -0.280 e. The summed E-state index contributed by atoms with van der Waals surface area (Å²) in [5.74, 6) is 0. The number of rotatable bonds is 5. The largest absolute Gasteiger partial charge is 0.280 e. The van der Waals surface area contributed by atoms with Crippen LogP contribution < -0.4 is 0 Å². The van der Waals surface area contributed by atoms with Crippen LogP contribution in [0.5, 0.6) is 0 Å². The third-order valence-corrected chi connectivity index (χ3v) is 3.18. The van der Waals surface area contributed by atoms with E-state index in [-0.39, 0.29) is 6.04 Å². The Kier molecular flexibility index (Phi) is 5.31. The molecule has 2 aromatic rings. The topological polar surface area (TPSA) is 12.4 Å². The zero-order valence-electron chi connectivity index (χ0n) is 12.2. The summed E-state index contributed by atoms with van der Waals surface area (Å²) in [4.78, 5) is 4.79. The Morgan fingerprint density at radius 3 is 1.90 bits per heavy atom. The zero-order chi connectivity index (χ0) is 14.2. The third kappa shape index (κ3) is 3.92. The highest BCUT2D eigenvalue weighted by Crippen LogP contribution is 2.25. The van der Waals surface area contributed by atoms with Crippen LogP contribution in [0.4, 0.5) is 0 Å². The van der Waals surface area contributed by atoms with Crippen LogP contribution in [0.2, 0.25) is 0 Å². The van der Waals surface area contributed by atoms with Crippen LogP contribution in [0.1, 0.15) is 37.4 Å². The fraction of sp³-hybridized carbons (Fsp3) is 0.211. The molecule has 1 heteroatoms. The van der Waals surface area contributed by atoms with Crippen LogP contribution in [-0.4, -0.2) is 6.21 Å². The van der Waals surface area contributed by atoms with Gasteiger partial charge in [0.1, 0.15) is 0 Å². The van der Waals surface area contributed by atoms with Crippen LogP contribution >= 0.6 is 0 Å². The molecule has 0 saturated heterocycles. The Hall–Kier alpha value is -2.15. The van der Waals surface area contributed by atoms with Crippen molar-refractivity contribution in [2.24, 2.45) is 4.99 Å². The van der Waals surface area contributed by atoms with E-state index in [4.69, 9.17) is 4.99 Å². The van der Waals surface area contributed by atoms with Gasteiger partial charge in [0.15, 0.2) is 0 Å². The second kappa shape index (κ2) is 7.44. The molecule has 0 atom stereocenters. The molecule has 2 aromatic carbocycles. The Balaban J connectivity index is 2.33. The van der Waals surface area contributed by atoms with Crippen molar-refractivity contribution in [3.8, 4) is 0 Å². The average molecular weight is 263 g/mol. The minimum absolute atomic E-state index is 0.0672. The van der Waals surface area contributed by atoms with Gasteiger partial charge < -0.3 is 0 Å². The molecule has 0 unspecified atom stereocenters. The van der Waals surface area contributed by atoms with E-state index in [1.165, 1.54) is 16.7 Å². The molecule has 2 rings (SSSR count). The van der Waals surface area contributed by atoms with E-state index in [2.05, 4.69) is 68.5 Å². The fourth-order valence-electron chi connectivity index (χ4n) is 2.20. The van der Waals surface area contributed by atoms with Crippen molar-refractivity contribution in [2.45, 2.75) is 26.3 Å². The molecule has 0 spiro atoms. The Bertz CT molecular complexity index is 528. The third-order valence-electron chi connectivity index (χ3n) is 3.18. The summed E-state index contributed by atoms with van der Waals surface area (Å²) in [5.41, 5.74) is 3.66.